The van der Waals surface area contributed by atoms with Crippen LogP contribution in [0, 0.1) is 24.1 Å². The summed E-state index contributed by atoms with van der Waals surface area (Å²) < 4.78 is 22.2. The number of fused-ring (bicyclic) bond motifs is 1. The number of nitrogens with zero attached hydrogens (tertiary/aromatic N) is 3. The summed E-state index contributed by atoms with van der Waals surface area (Å²) in [6, 6.07) is 4.73. The molecule has 4 rings (SSSR count). The van der Waals surface area contributed by atoms with Crippen molar-refractivity contribution in [3.8, 4) is 6.07 Å². The third-order valence-corrected chi connectivity index (χ3v) is 5.74. The quantitative estimate of drug-likeness (QED) is 0.808. The van der Waals surface area contributed by atoms with E-state index in [1.165, 1.54) is 12.1 Å². The van der Waals surface area contributed by atoms with E-state index in [-0.39, 0.29) is 23.2 Å². The van der Waals surface area contributed by atoms with Gasteiger partial charge in [-0.3, -0.25) is 4.79 Å². The molecule has 1 aromatic heterocycles. The molecule has 31 heavy (non-hydrogen) atoms. The Bertz CT molecular complexity index is 1150. The standard InChI is InChI=1S/C23H27FN4O3/c1-13-19-14(9-15(11-25)21(29)28(19)17-5-6-17)10-18(24)20(13)27-8-7-16(12-27)26-22(30)31-23(2,3)4/h9-10,16-17H,5-8,12H2,1-4H3,(H,26,30)/t16-/m0/s1. The normalized spacial score (nSPS) is 18.8. The number of ether oxygens (including phenoxy) is 1. The van der Waals surface area contributed by atoms with E-state index in [0.717, 1.165) is 12.8 Å². The lowest BCUT2D eigenvalue weighted by molar-refractivity contribution is 0.0509. The Kier molecular flexibility index (Phi) is 5.16. The van der Waals surface area contributed by atoms with E-state index in [4.69, 9.17) is 4.74 Å². The summed E-state index contributed by atoms with van der Waals surface area (Å²) in [5, 5.41) is 12.8. The fourth-order valence-electron chi connectivity index (χ4n) is 4.36. The highest BCUT2D eigenvalue weighted by Gasteiger charge is 2.32. The van der Waals surface area contributed by atoms with Crippen LogP contribution in [-0.2, 0) is 4.74 Å². The summed E-state index contributed by atoms with van der Waals surface area (Å²) >= 11 is 0. The minimum Gasteiger partial charge on any atom is -0.444 e. The van der Waals surface area contributed by atoms with Crippen LogP contribution in [0.4, 0.5) is 14.9 Å². The number of hydrogen-bond donors (Lipinski definition) is 1. The molecule has 2 heterocycles. The number of amides is 1. The smallest absolute Gasteiger partial charge is 0.407 e. The highest BCUT2D eigenvalue weighted by Crippen LogP contribution is 2.40. The van der Waals surface area contributed by atoms with Crippen LogP contribution in [0.25, 0.3) is 10.9 Å². The molecule has 0 radical (unpaired) electrons. The zero-order chi connectivity index (χ0) is 22.5. The van der Waals surface area contributed by atoms with Crippen molar-refractivity contribution < 1.29 is 13.9 Å². The van der Waals surface area contributed by atoms with Gasteiger partial charge in [-0.25, -0.2) is 9.18 Å². The summed E-state index contributed by atoms with van der Waals surface area (Å²) in [5.41, 5.74) is 0.947. The number of carbonyl (C=O) groups is 1. The molecule has 0 bridgehead atoms. The molecule has 1 saturated heterocycles. The molecule has 1 amide bonds. The summed E-state index contributed by atoms with van der Waals surface area (Å²) in [4.78, 5) is 26.8. The molecule has 8 heteroatoms. The Balaban J connectivity index is 1.68. The number of hydrogen-bond acceptors (Lipinski definition) is 5. The van der Waals surface area contributed by atoms with Gasteiger partial charge in [-0.05, 0) is 64.7 Å². The van der Waals surface area contributed by atoms with E-state index >= 15 is 4.39 Å². The lowest BCUT2D eigenvalue weighted by Gasteiger charge is -2.25. The van der Waals surface area contributed by atoms with Gasteiger partial charge in [-0.15, -0.1) is 0 Å². The van der Waals surface area contributed by atoms with Crippen molar-refractivity contribution in [2.45, 2.75) is 64.6 Å². The average Bonchev–Trinajstić information content (AvgIpc) is 3.40. The number of pyridine rings is 1. The van der Waals surface area contributed by atoms with Crippen molar-refractivity contribution in [1.82, 2.24) is 9.88 Å². The fourth-order valence-corrected chi connectivity index (χ4v) is 4.36. The van der Waals surface area contributed by atoms with Crippen molar-refractivity contribution in [2.24, 2.45) is 0 Å². The molecule has 1 aliphatic carbocycles. The van der Waals surface area contributed by atoms with Crippen LogP contribution in [0.5, 0.6) is 0 Å². The number of alkyl carbamates (subject to hydrolysis) is 1. The van der Waals surface area contributed by atoms with E-state index in [1.54, 1.807) is 25.3 Å². The molecule has 0 unspecified atom stereocenters. The van der Waals surface area contributed by atoms with E-state index in [2.05, 4.69) is 5.32 Å². The van der Waals surface area contributed by atoms with Crippen LogP contribution in [-0.4, -0.2) is 35.4 Å². The van der Waals surface area contributed by atoms with Crippen LogP contribution < -0.4 is 15.8 Å². The van der Waals surface area contributed by atoms with Gasteiger partial charge >= 0.3 is 6.09 Å². The Labute approximate surface area is 180 Å². The molecule has 1 aliphatic heterocycles. The number of rotatable bonds is 3. The molecule has 1 N–H and O–H groups in total. The molecule has 1 aromatic carbocycles. The van der Waals surface area contributed by atoms with Gasteiger partial charge in [0.1, 0.15) is 23.1 Å². The molecule has 164 valence electrons. The predicted octanol–water partition coefficient (Wildman–Crippen LogP) is 3.76. The molecule has 2 fully saturated rings. The third kappa shape index (κ3) is 4.09. The predicted molar refractivity (Wildman–Crippen MR) is 116 cm³/mol. The lowest BCUT2D eigenvalue weighted by Crippen LogP contribution is -2.40. The zero-order valence-corrected chi connectivity index (χ0v) is 18.3. The van der Waals surface area contributed by atoms with Gasteiger partial charge in [-0.2, -0.15) is 5.26 Å². The maximum Gasteiger partial charge on any atom is 0.407 e. The van der Waals surface area contributed by atoms with Crippen molar-refractivity contribution >= 4 is 22.7 Å². The van der Waals surface area contributed by atoms with Gasteiger partial charge in [0.15, 0.2) is 0 Å². The van der Waals surface area contributed by atoms with E-state index in [9.17, 15) is 14.9 Å². The maximum absolute atomic E-state index is 15.2. The Hall–Kier alpha value is -3.08. The van der Waals surface area contributed by atoms with E-state index in [0.29, 0.717) is 41.7 Å². The van der Waals surface area contributed by atoms with Crippen LogP contribution in [0.1, 0.15) is 57.2 Å². The Morgan fingerprint density at radius 1 is 1.29 bits per heavy atom. The molecule has 2 aromatic rings. The monoisotopic (exact) mass is 426 g/mol. The summed E-state index contributed by atoms with van der Waals surface area (Å²) in [6.45, 7) is 8.26. The SMILES string of the molecule is Cc1c(N2CC[C@H](NC(=O)OC(C)(C)C)C2)c(F)cc2cc(C#N)c(=O)n(C3CC3)c12. The van der Waals surface area contributed by atoms with Crippen molar-refractivity contribution in [3.05, 3.63) is 39.4 Å². The maximum atomic E-state index is 15.2. The highest BCUT2D eigenvalue weighted by atomic mass is 19.1. The van der Waals surface area contributed by atoms with Gasteiger partial charge < -0.3 is 19.5 Å². The molecule has 0 spiro atoms. The number of halogens is 1. The minimum atomic E-state index is -0.585. The molecular weight excluding hydrogens is 399 g/mol. The second-order valence-corrected chi connectivity index (χ2v) is 9.42. The summed E-state index contributed by atoms with van der Waals surface area (Å²) in [5.74, 6) is -0.396. The zero-order valence-electron chi connectivity index (χ0n) is 18.3. The first-order valence-corrected chi connectivity index (χ1v) is 10.6. The second-order valence-electron chi connectivity index (χ2n) is 9.42. The Morgan fingerprint density at radius 3 is 2.61 bits per heavy atom. The van der Waals surface area contributed by atoms with Gasteiger partial charge in [0.05, 0.1) is 17.2 Å². The number of benzene rings is 1. The molecule has 1 saturated carbocycles. The summed E-state index contributed by atoms with van der Waals surface area (Å²) in [6.07, 6.45) is 1.93. The molecule has 7 nitrogen and oxygen atoms in total. The largest absolute Gasteiger partial charge is 0.444 e. The van der Waals surface area contributed by atoms with Crippen molar-refractivity contribution in [3.63, 3.8) is 0 Å². The first kappa shape index (κ1) is 21.2. The van der Waals surface area contributed by atoms with Crippen molar-refractivity contribution in [1.29, 1.82) is 5.26 Å². The number of nitrogens with one attached hydrogen (secondary N) is 1. The van der Waals surface area contributed by atoms with Gasteiger partial charge in [-0.1, -0.05) is 0 Å². The number of nitriles is 1. The topological polar surface area (TPSA) is 87.4 Å². The number of aromatic nitrogens is 1. The number of anilines is 1. The molecule has 1 atom stereocenters. The van der Waals surface area contributed by atoms with E-state index < -0.39 is 17.5 Å². The molecular formula is C23H27FN4O3. The van der Waals surface area contributed by atoms with Crippen LogP contribution in [0.3, 0.4) is 0 Å². The van der Waals surface area contributed by atoms with Crippen LogP contribution in [0.15, 0.2) is 16.9 Å². The average molecular weight is 426 g/mol. The number of aryl methyl sites for hydroxylation is 1. The first-order chi connectivity index (χ1) is 14.6. The minimum absolute atomic E-state index is 0.0359. The third-order valence-electron chi connectivity index (χ3n) is 5.74. The lowest BCUT2D eigenvalue weighted by atomic mass is 10.0. The van der Waals surface area contributed by atoms with Crippen molar-refractivity contribution in [2.75, 3.05) is 18.0 Å². The number of carbonyl (C=O) groups excluding carboxylic acids is 1. The van der Waals surface area contributed by atoms with Gasteiger partial charge in [0.2, 0.25) is 0 Å². The fraction of sp³-hybridized carbons (Fsp3) is 0.522. The van der Waals surface area contributed by atoms with Gasteiger partial charge in [0, 0.05) is 24.5 Å². The van der Waals surface area contributed by atoms with E-state index in [1.807, 2.05) is 17.9 Å². The highest BCUT2D eigenvalue weighted by molar-refractivity contribution is 5.89. The van der Waals surface area contributed by atoms with Gasteiger partial charge in [0.25, 0.3) is 5.56 Å². The molecule has 2 aliphatic rings. The Morgan fingerprint density at radius 2 is 2.00 bits per heavy atom. The van der Waals surface area contributed by atoms with Crippen LogP contribution >= 0.6 is 0 Å². The van der Waals surface area contributed by atoms with Crippen LogP contribution in [0.2, 0.25) is 0 Å². The first-order valence-electron chi connectivity index (χ1n) is 10.6. The summed E-state index contributed by atoms with van der Waals surface area (Å²) in [7, 11) is 0. The second kappa shape index (κ2) is 7.56.